The van der Waals surface area contributed by atoms with Gasteiger partial charge in [-0.05, 0) is 133 Å². The second kappa shape index (κ2) is 27.3. The minimum atomic E-state index is -0.0136. The molecule has 4 aliphatic rings. The molecule has 8 aromatic heterocycles. The summed E-state index contributed by atoms with van der Waals surface area (Å²) in [5.74, 6) is 1.01. The van der Waals surface area contributed by atoms with E-state index < -0.39 is 0 Å². The Kier molecular flexibility index (Phi) is 19.9. The Bertz CT molecular complexity index is 5570. The molecule has 0 unspecified atom stereocenters. The molecule has 0 saturated carbocycles. The van der Waals surface area contributed by atoms with E-state index in [2.05, 4.69) is 278 Å². The average Bonchev–Trinajstić information content (AvgIpc) is 1.75. The summed E-state index contributed by atoms with van der Waals surface area (Å²) in [6, 6.07) is 75.4. The maximum atomic E-state index is 4.62. The van der Waals surface area contributed by atoms with Crippen LogP contribution in [0.25, 0.3) is 132 Å². The first-order valence-corrected chi connectivity index (χ1v) is 31.5. The zero-order valence-electron chi connectivity index (χ0n) is 55.0. The molecule has 97 heavy (non-hydrogen) atoms. The largest absolute Gasteiger partial charge is 0.368 e. The molecule has 0 amide bonds. The van der Waals surface area contributed by atoms with Crippen LogP contribution in [0.15, 0.2) is 213 Å². The maximum absolute atomic E-state index is 4.62. The third-order valence-corrected chi connectivity index (χ3v) is 19.7. The van der Waals surface area contributed by atoms with Crippen molar-refractivity contribution in [1.29, 1.82) is 0 Å². The number of aromatic nitrogens is 8. The second-order valence-corrected chi connectivity index (χ2v) is 26.3. The Morgan fingerprint density at radius 2 is 0.938 bits per heavy atom. The molecule has 0 bridgehead atoms. The number of hydrogen-bond donors (Lipinski definition) is 0. The van der Waals surface area contributed by atoms with Crippen molar-refractivity contribution in [3.8, 4) is 56.3 Å². The fraction of sp³-hybridized carbons (Fsp3) is 0.155. The molecule has 5 radical (unpaired) electrons. The molecule has 0 atom stereocenters. The van der Waals surface area contributed by atoms with Gasteiger partial charge in [0.1, 0.15) is 0 Å². The number of imidazole rings is 1. The molecule has 13 heteroatoms. The summed E-state index contributed by atoms with van der Waals surface area (Å²) in [6.07, 6.45) is 13.9. The average molecular weight is 2150 g/mol. The van der Waals surface area contributed by atoms with Crippen molar-refractivity contribution in [3.05, 3.63) is 282 Å². The van der Waals surface area contributed by atoms with Gasteiger partial charge in [-0.1, -0.05) is 134 Å². The van der Waals surface area contributed by atoms with E-state index in [1.54, 1.807) is 0 Å². The smallest absolute Gasteiger partial charge is 0.0608 e. The first kappa shape index (κ1) is 70.7. The molecular formula is C84H65Ir5N8-5. The van der Waals surface area contributed by atoms with Crippen LogP contribution in [0.2, 0.25) is 0 Å². The Labute approximate surface area is 633 Å². The van der Waals surface area contributed by atoms with E-state index in [0.717, 1.165) is 61.6 Å². The normalized spacial score (nSPS) is 13.3. The zero-order valence-corrected chi connectivity index (χ0v) is 66.9. The number of aryl methyl sites for hydroxylation is 2. The number of rotatable bonds is 0. The van der Waals surface area contributed by atoms with Gasteiger partial charge in [-0.25, -0.2) is 0 Å². The van der Waals surface area contributed by atoms with Gasteiger partial charge < -0.3 is 33.5 Å². The predicted molar refractivity (Wildman–Crippen MR) is 376 cm³/mol. The second-order valence-electron chi connectivity index (χ2n) is 26.3. The summed E-state index contributed by atoms with van der Waals surface area (Å²) in [6.45, 7) is 18.0. The van der Waals surface area contributed by atoms with E-state index in [9.17, 15) is 0 Å². The van der Waals surface area contributed by atoms with Crippen LogP contribution in [0.1, 0.15) is 88.9 Å². The molecule has 9 heterocycles. The van der Waals surface area contributed by atoms with Gasteiger partial charge in [0.05, 0.1) is 11.3 Å². The van der Waals surface area contributed by atoms with E-state index in [-0.39, 0.29) is 117 Å². The summed E-state index contributed by atoms with van der Waals surface area (Å²) < 4.78 is 6.65. The van der Waals surface area contributed by atoms with Crippen molar-refractivity contribution in [1.82, 2.24) is 38.5 Å². The van der Waals surface area contributed by atoms with E-state index in [1.165, 1.54) is 110 Å². The van der Waals surface area contributed by atoms with Crippen molar-refractivity contribution in [3.63, 3.8) is 0 Å². The van der Waals surface area contributed by atoms with Crippen molar-refractivity contribution >= 4 is 76.1 Å². The van der Waals surface area contributed by atoms with Crippen LogP contribution in [-0.2, 0) is 131 Å². The first-order valence-electron chi connectivity index (χ1n) is 31.5. The van der Waals surface area contributed by atoms with Gasteiger partial charge in [0.15, 0.2) is 0 Å². The van der Waals surface area contributed by atoms with E-state index in [4.69, 9.17) is 0 Å². The topological polar surface area (TPSA) is 78.7 Å². The van der Waals surface area contributed by atoms with Gasteiger partial charge in [0.25, 0.3) is 0 Å². The molecule has 20 rings (SSSR count). The quantitative estimate of drug-likeness (QED) is 0.0859. The fourth-order valence-electron chi connectivity index (χ4n) is 15.2. The fourth-order valence-corrected chi connectivity index (χ4v) is 15.2. The number of hydrogen-bond acceptors (Lipinski definition) is 5. The molecule has 3 aliphatic carbocycles. The number of pyridine rings is 5. The van der Waals surface area contributed by atoms with Crippen LogP contribution in [0.5, 0.6) is 0 Å². The van der Waals surface area contributed by atoms with Crippen LogP contribution in [0.4, 0.5) is 0 Å². The molecule has 0 fully saturated rings. The molecule has 16 aromatic rings. The van der Waals surface area contributed by atoms with Crippen LogP contribution < -0.4 is 5.22 Å². The molecule has 491 valence electrons. The zero-order chi connectivity index (χ0) is 62.9. The van der Waals surface area contributed by atoms with Crippen molar-refractivity contribution in [2.24, 2.45) is 14.1 Å². The van der Waals surface area contributed by atoms with Gasteiger partial charge in [-0.2, -0.15) is 0 Å². The van der Waals surface area contributed by atoms with Gasteiger partial charge in [-0.3, -0.25) is 4.98 Å². The number of nitrogens with zero attached hydrogens (tertiary/aromatic N) is 8. The van der Waals surface area contributed by atoms with E-state index in [1.807, 2.05) is 73.4 Å². The van der Waals surface area contributed by atoms with Gasteiger partial charge in [0, 0.05) is 168 Å². The predicted octanol–water partition coefficient (Wildman–Crippen LogP) is 18.7. The maximum Gasteiger partial charge on any atom is 0.0608 e. The minimum Gasteiger partial charge on any atom is -0.368 e. The number of fused-ring (bicyclic) bond motifs is 11. The Hall–Kier alpha value is -7.58. The van der Waals surface area contributed by atoms with E-state index >= 15 is 0 Å². The molecule has 0 N–H and O–H groups in total. The van der Waals surface area contributed by atoms with Gasteiger partial charge >= 0.3 is 0 Å². The molecule has 0 spiro atoms. The molecule has 8 nitrogen and oxygen atoms in total. The Morgan fingerprint density at radius 1 is 0.392 bits per heavy atom. The third kappa shape index (κ3) is 11.2. The monoisotopic (exact) mass is 2150 g/mol. The molecule has 8 aromatic carbocycles. The minimum absolute atomic E-state index is 0. The van der Waals surface area contributed by atoms with Gasteiger partial charge in [0.2, 0.25) is 0 Å². The van der Waals surface area contributed by atoms with Crippen LogP contribution in [0.3, 0.4) is 0 Å². The first-order chi connectivity index (χ1) is 44.6. The van der Waals surface area contributed by atoms with Crippen LogP contribution in [-0.4, -0.2) is 38.5 Å². The Balaban J connectivity index is 0.000000122. The summed E-state index contributed by atoms with van der Waals surface area (Å²) in [4.78, 5) is 22.9. The SMILES string of the molecule is CC(C)=c1c2ccc[c-]c2c2nccc3cccc1c32.CC1(C)c2ccc[c-]c2-c2ncc3cccc1n23.Cn1cc2c3c([c-]ccc31)-c1ncccc1C2(C)C.Cn1cc2c3c(nccc31)-c1[c-]cccc1C2(C)C.[Ir].[Ir].[Ir].[Ir].[Ir].[c-]1cccc2c1-c1nccc3cccc-2c13. The summed E-state index contributed by atoms with van der Waals surface area (Å²) in [5, 5.41) is 12.6. The summed E-state index contributed by atoms with van der Waals surface area (Å²) in [7, 11) is 4.21. The molecule has 1 aliphatic heterocycles. The van der Waals surface area contributed by atoms with Crippen LogP contribution >= 0.6 is 0 Å². The number of benzene rings is 8. The van der Waals surface area contributed by atoms with Gasteiger partial charge in [-0.15, -0.1) is 154 Å². The third-order valence-electron chi connectivity index (χ3n) is 19.7. The molecule has 0 saturated heterocycles. The summed E-state index contributed by atoms with van der Waals surface area (Å²) in [5.41, 5.74) is 24.3. The molecular weight excluding hydrogens is 2080 g/mol. The van der Waals surface area contributed by atoms with Crippen molar-refractivity contribution < 1.29 is 101 Å². The van der Waals surface area contributed by atoms with Crippen LogP contribution in [0, 0.1) is 30.3 Å². The van der Waals surface area contributed by atoms with Crippen molar-refractivity contribution in [2.75, 3.05) is 0 Å². The Morgan fingerprint density at radius 3 is 1.68 bits per heavy atom. The summed E-state index contributed by atoms with van der Waals surface area (Å²) >= 11 is 0. The van der Waals surface area contributed by atoms with Crippen molar-refractivity contribution in [2.45, 2.75) is 71.6 Å². The van der Waals surface area contributed by atoms with E-state index in [0.29, 0.717) is 0 Å². The standard InChI is InChI=1S/C19H14N.2C17H15N2.C16H13N2.C15H8N.5Ir/c1-12(2)17-14-7-3-4-8-15(14)19-18-13(10-11-20-19)6-5-9-16(17)18;1-17(2)12-7-5-9-18-16(12)11-6-4-8-14-15(11)13(17)10-19(14)3;1-17(2)12-7-5-4-6-11(12)16-15-13(17)10-19(3)14(15)8-9-18-16;1-16(2)13-8-4-3-7-12(13)15-17-10-11-6-5-9-14(16)18(11)15;1-2-6-13-11(5-1)12-7-3-4-10-8-9-16-15(13)14(10)12;;;;;/h3-7,9-11H,1-2H3;2*4-5,7-10H,1-3H3;3-6,8-10H,1-2H3;1-5,7-9H;;;;;/q5*-1;;;;;.